The van der Waals surface area contributed by atoms with Crippen molar-refractivity contribution in [2.24, 2.45) is 0 Å². The molecule has 0 spiro atoms. The zero-order chi connectivity index (χ0) is 15.2. The van der Waals surface area contributed by atoms with Crippen LogP contribution in [0.3, 0.4) is 0 Å². The van der Waals surface area contributed by atoms with Crippen molar-refractivity contribution in [2.45, 2.75) is 27.3 Å². The molecule has 0 saturated carbocycles. The van der Waals surface area contributed by atoms with Crippen LogP contribution in [0.15, 0.2) is 30.5 Å². The number of nitrogens with zero attached hydrogens (tertiary/aromatic N) is 2. The number of amides is 1. The van der Waals surface area contributed by atoms with Gasteiger partial charge in [-0.1, -0.05) is 6.07 Å². The molecule has 2 aromatic heterocycles. The summed E-state index contributed by atoms with van der Waals surface area (Å²) in [5, 5.41) is 6.02. The van der Waals surface area contributed by atoms with Crippen LogP contribution < -0.4 is 10.6 Å². The Hall–Kier alpha value is -2.43. The molecule has 0 radical (unpaired) electrons. The van der Waals surface area contributed by atoms with Gasteiger partial charge in [-0.2, -0.15) is 0 Å². The van der Waals surface area contributed by atoms with E-state index in [1.54, 1.807) is 18.3 Å². The lowest BCUT2D eigenvalue weighted by molar-refractivity contribution is 0.0950. The summed E-state index contributed by atoms with van der Waals surface area (Å²) in [6.45, 7) is 7.04. The second-order valence-corrected chi connectivity index (χ2v) is 4.86. The van der Waals surface area contributed by atoms with E-state index in [0.717, 1.165) is 29.3 Å². The van der Waals surface area contributed by atoms with E-state index >= 15 is 0 Å². The number of pyridine rings is 2. The molecule has 0 bridgehead atoms. The van der Waals surface area contributed by atoms with Crippen LogP contribution in [0.4, 0.5) is 5.82 Å². The monoisotopic (exact) mass is 284 g/mol. The van der Waals surface area contributed by atoms with Crippen LogP contribution in [0.25, 0.3) is 0 Å². The highest BCUT2D eigenvalue weighted by atomic mass is 16.1. The summed E-state index contributed by atoms with van der Waals surface area (Å²) >= 11 is 0. The van der Waals surface area contributed by atoms with Gasteiger partial charge in [-0.25, -0.2) is 4.98 Å². The van der Waals surface area contributed by atoms with Gasteiger partial charge in [0.2, 0.25) is 0 Å². The van der Waals surface area contributed by atoms with E-state index < -0.39 is 0 Å². The minimum atomic E-state index is -0.121. The first-order valence-corrected chi connectivity index (χ1v) is 7.01. The van der Waals surface area contributed by atoms with E-state index in [-0.39, 0.29) is 5.91 Å². The molecule has 0 aromatic carbocycles. The van der Waals surface area contributed by atoms with Crippen molar-refractivity contribution in [1.82, 2.24) is 15.3 Å². The predicted octanol–water partition coefficient (Wildman–Crippen LogP) is 2.46. The zero-order valence-electron chi connectivity index (χ0n) is 12.6. The maximum Gasteiger partial charge on any atom is 0.251 e. The number of rotatable bonds is 5. The molecule has 2 heterocycles. The van der Waals surface area contributed by atoms with Gasteiger partial charge in [0.15, 0.2) is 0 Å². The molecule has 21 heavy (non-hydrogen) atoms. The molecule has 1 amide bonds. The molecule has 110 valence electrons. The average molecular weight is 284 g/mol. The first-order valence-electron chi connectivity index (χ1n) is 7.01. The molecule has 0 atom stereocenters. The third-order valence-corrected chi connectivity index (χ3v) is 3.11. The van der Waals surface area contributed by atoms with Crippen molar-refractivity contribution in [1.29, 1.82) is 0 Å². The Morgan fingerprint density at radius 2 is 2.10 bits per heavy atom. The molecule has 0 aliphatic carbocycles. The quantitative estimate of drug-likeness (QED) is 0.885. The summed E-state index contributed by atoms with van der Waals surface area (Å²) < 4.78 is 0. The molecular formula is C16H20N4O. The van der Waals surface area contributed by atoms with Crippen molar-refractivity contribution < 1.29 is 4.79 Å². The van der Waals surface area contributed by atoms with Gasteiger partial charge < -0.3 is 10.6 Å². The maximum absolute atomic E-state index is 12.2. The van der Waals surface area contributed by atoms with E-state index in [0.29, 0.717) is 12.1 Å². The number of hydrogen-bond donors (Lipinski definition) is 2. The molecule has 2 N–H and O–H groups in total. The molecular weight excluding hydrogens is 264 g/mol. The fourth-order valence-electron chi connectivity index (χ4n) is 2.04. The summed E-state index contributed by atoms with van der Waals surface area (Å²) in [5.74, 6) is 0.598. The smallest absolute Gasteiger partial charge is 0.251 e. The molecule has 0 aliphatic rings. The Labute approximate surface area is 124 Å². The van der Waals surface area contributed by atoms with Gasteiger partial charge in [0.25, 0.3) is 5.91 Å². The van der Waals surface area contributed by atoms with Crippen LogP contribution in [0.5, 0.6) is 0 Å². The minimum Gasteiger partial charge on any atom is -0.370 e. The molecule has 0 fully saturated rings. The van der Waals surface area contributed by atoms with Crippen LogP contribution in [-0.4, -0.2) is 22.4 Å². The summed E-state index contributed by atoms with van der Waals surface area (Å²) in [7, 11) is 0. The summed E-state index contributed by atoms with van der Waals surface area (Å²) in [5.41, 5.74) is 3.36. The lowest BCUT2D eigenvalue weighted by Gasteiger charge is -2.09. The van der Waals surface area contributed by atoms with Crippen LogP contribution in [0.2, 0.25) is 0 Å². The zero-order valence-corrected chi connectivity index (χ0v) is 12.6. The molecule has 0 aliphatic heterocycles. The predicted molar refractivity (Wildman–Crippen MR) is 83.3 cm³/mol. The van der Waals surface area contributed by atoms with Crippen LogP contribution in [0.1, 0.15) is 34.2 Å². The van der Waals surface area contributed by atoms with Gasteiger partial charge in [-0.05, 0) is 44.5 Å². The van der Waals surface area contributed by atoms with E-state index in [1.807, 2.05) is 32.9 Å². The number of aromatic nitrogens is 2. The molecule has 2 rings (SSSR count). The topological polar surface area (TPSA) is 66.9 Å². The molecule has 0 saturated heterocycles. The Kier molecular flexibility index (Phi) is 4.87. The van der Waals surface area contributed by atoms with Crippen molar-refractivity contribution in [3.05, 3.63) is 53.0 Å². The maximum atomic E-state index is 12.2. The Morgan fingerprint density at radius 1 is 1.29 bits per heavy atom. The van der Waals surface area contributed by atoms with Gasteiger partial charge >= 0.3 is 0 Å². The van der Waals surface area contributed by atoms with Crippen LogP contribution in [-0.2, 0) is 6.54 Å². The highest BCUT2D eigenvalue weighted by Crippen LogP contribution is 2.10. The largest absolute Gasteiger partial charge is 0.370 e. The highest BCUT2D eigenvalue weighted by molar-refractivity contribution is 5.94. The number of carbonyl (C=O) groups is 1. The van der Waals surface area contributed by atoms with Gasteiger partial charge in [0.05, 0.1) is 12.2 Å². The summed E-state index contributed by atoms with van der Waals surface area (Å²) in [6, 6.07) is 7.41. The lowest BCUT2D eigenvalue weighted by Crippen LogP contribution is -2.24. The molecule has 2 aromatic rings. The second-order valence-electron chi connectivity index (χ2n) is 4.86. The fraction of sp³-hybridized carbons (Fsp3) is 0.312. The minimum absolute atomic E-state index is 0.121. The molecule has 5 heteroatoms. The van der Waals surface area contributed by atoms with E-state index in [2.05, 4.69) is 20.6 Å². The fourth-order valence-corrected chi connectivity index (χ4v) is 2.04. The third kappa shape index (κ3) is 4.02. The van der Waals surface area contributed by atoms with E-state index in [1.165, 1.54) is 0 Å². The molecule has 5 nitrogen and oxygen atoms in total. The van der Waals surface area contributed by atoms with Gasteiger partial charge in [0, 0.05) is 24.0 Å². The van der Waals surface area contributed by atoms with Crippen molar-refractivity contribution in [3.8, 4) is 0 Å². The number of nitrogens with one attached hydrogen (secondary N) is 2. The normalized spacial score (nSPS) is 10.2. The van der Waals surface area contributed by atoms with Gasteiger partial charge in [0.1, 0.15) is 5.82 Å². The number of carbonyl (C=O) groups excluding carboxylic acids is 1. The average Bonchev–Trinajstić information content (AvgIpc) is 2.46. The van der Waals surface area contributed by atoms with Crippen LogP contribution >= 0.6 is 0 Å². The van der Waals surface area contributed by atoms with E-state index in [9.17, 15) is 4.79 Å². The van der Waals surface area contributed by atoms with Gasteiger partial charge in [-0.15, -0.1) is 0 Å². The highest BCUT2D eigenvalue weighted by Gasteiger charge is 2.09. The third-order valence-electron chi connectivity index (χ3n) is 3.11. The first-order chi connectivity index (χ1) is 10.1. The SMILES string of the molecule is CCNc1cc(C(=O)NCc2ncccc2C)cc(C)n1. The molecule has 0 unspecified atom stereocenters. The Morgan fingerprint density at radius 3 is 2.81 bits per heavy atom. The Balaban J connectivity index is 2.08. The van der Waals surface area contributed by atoms with Crippen molar-refractivity contribution in [3.63, 3.8) is 0 Å². The number of hydrogen-bond acceptors (Lipinski definition) is 4. The van der Waals surface area contributed by atoms with E-state index in [4.69, 9.17) is 0 Å². The summed E-state index contributed by atoms with van der Waals surface area (Å²) in [4.78, 5) is 20.8. The number of anilines is 1. The van der Waals surface area contributed by atoms with Crippen molar-refractivity contribution in [2.75, 3.05) is 11.9 Å². The second kappa shape index (κ2) is 6.83. The Bertz CT molecular complexity index is 640. The van der Waals surface area contributed by atoms with Crippen molar-refractivity contribution >= 4 is 11.7 Å². The standard InChI is InChI=1S/C16H20N4O/c1-4-17-15-9-13(8-12(3)20-15)16(21)19-10-14-11(2)6-5-7-18-14/h5-9H,4,10H2,1-3H3,(H,17,20)(H,19,21). The number of aryl methyl sites for hydroxylation is 2. The summed E-state index contributed by atoms with van der Waals surface area (Å²) in [6.07, 6.45) is 1.73. The lowest BCUT2D eigenvalue weighted by atomic mass is 10.2. The van der Waals surface area contributed by atoms with Gasteiger partial charge in [-0.3, -0.25) is 9.78 Å². The van der Waals surface area contributed by atoms with Crippen LogP contribution in [0, 0.1) is 13.8 Å². The first kappa shape index (κ1) is 15.0.